The Morgan fingerprint density at radius 1 is 1.14 bits per heavy atom. The maximum absolute atomic E-state index is 12.4. The highest BCUT2D eigenvalue weighted by Gasteiger charge is 2.18. The molecular formula is C15H14BrNO4S. The maximum Gasteiger partial charge on any atom is 0.336 e. The van der Waals surface area contributed by atoms with Crippen LogP contribution in [0.15, 0.2) is 45.8 Å². The fraction of sp³-hybridized carbons (Fsp3) is 0.133. The van der Waals surface area contributed by atoms with Gasteiger partial charge in [0.15, 0.2) is 0 Å². The molecule has 2 aromatic rings. The number of carbonyl (C=O) groups is 1. The summed E-state index contributed by atoms with van der Waals surface area (Å²) in [6, 6.07) is 9.25. The third kappa shape index (κ3) is 3.48. The number of hydrogen-bond acceptors (Lipinski definition) is 3. The van der Waals surface area contributed by atoms with E-state index in [1.165, 1.54) is 18.2 Å². The van der Waals surface area contributed by atoms with Crippen molar-refractivity contribution in [2.45, 2.75) is 18.7 Å². The smallest absolute Gasteiger partial charge is 0.336 e. The minimum atomic E-state index is -3.78. The lowest BCUT2D eigenvalue weighted by Gasteiger charge is -2.12. The van der Waals surface area contributed by atoms with Crippen LogP contribution in [-0.2, 0) is 10.0 Å². The largest absolute Gasteiger partial charge is 0.478 e. The molecule has 22 heavy (non-hydrogen) atoms. The van der Waals surface area contributed by atoms with E-state index in [0.29, 0.717) is 10.0 Å². The molecule has 0 aliphatic rings. The fourth-order valence-corrected chi connectivity index (χ4v) is 3.66. The van der Waals surface area contributed by atoms with Crippen LogP contribution in [0.25, 0.3) is 0 Å². The van der Waals surface area contributed by atoms with Crippen LogP contribution in [0.3, 0.4) is 0 Å². The van der Waals surface area contributed by atoms with E-state index in [-0.39, 0.29) is 16.1 Å². The predicted molar refractivity (Wildman–Crippen MR) is 87.8 cm³/mol. The summed E-state index contributed by atoms with van der Waals surface area (Å²) in [5.41, 5.74) is 1.72. The number of rotatable bonds is 4. The molecule has 7 heteroatoms. The molecule has 2 aromatic carbocycles. The molecule has 2 rings (SSSR count). The SMILES string of the molecule is Cc1ccc(S(=O)(=O)Nc2cc(C(=O)O)c(C)cc2Br)cc1. The van der Waals surface area contributed by atoms with Gasteiger partial charge in [0.05, 0.1) is 16.1 Å². The first kappa shape index (κ1) is 16.5. The molecule has 0 radical (unpaired) electrons. The average molecular weight is 384 g/mol. The van der Waals surface area contributed by atoms with Gasteiger partial charge in [-0.25, -0.2) is 13.2 Å². The highest BCUT2D eigenvalue weighted by molar-refractivity contribution is 9.10. The van der Waals surface area contributed by atoms with Crippen LogP contribution >= 0.6 is 15.9 Å². The quantitative estimate of drug-likeness (QED) is 0.844. The fourth-order valence-electron chi connectivity index (χ4n) is 1.90. The molecule has 0 amide bonds. The van der Waals surface area contributed by atoms with Gasteiger partial charge in [-0.15, -0.1) is 0 Å². The number of hydrogen-bond donors (Lipinski definition) is 2. The Labute approximate surface area is 137 Å². The van der Waals surface area contributed by atoms with E-state index in [4.69, 9.17) is 5.11 Å². The van der Waals surface area contributed by atoms with Crippen molar-refractivity contribution >= 4 is 37.6 Å². The average Bonchev–Trinajstić information content (AvgIpc) is 2.41. The van der Waals surface area contributed by atoms with Crippen LogP contribution in [0.5, 0.6) is 0 Å². The van der Waals surface area contributed by atoms with Gasteiger partial charge in [0.2, 0.25) is 0 Å². The highest BCUT2D eigenvalue weighted by Crippen LogP contribution is 2.28. The number of aryl methyl sites for hydroxylation is 2. The number of aromatic carboxylic acids is 1. The van der Waals surface area contributed by atoms with Gasteiger partial charge >= 0.3 is 5.97 Å². The van der Waals surface area contributed by atoms with Crippen molar-refractivity contribution in [1.29, 1.82) is 0 Å². The maximum atomic E-state index is 12.4. The number of benzene rings is 2. The molecule has 0 bridgehead atoms. The second kappa shape index (κ2) is 6.10. The lowest BCUT2D eigenvalue weighted by atomic mass is 10.1. The van der Waals surface area contributed by atoms with Crippen LogP contribution in [0.1, 0.15) is 21.5 Å². The third-order valence-corrected chi connectivity index (χ3v) is 5.16. The molecule has 0 saturated heterocycles. The summed E-state index contributed by atoms with van der Waals surface area (Å²) in [5, 5.41) is 9.13. The molecular weight excluding hydrogens is 370 g/mol. The van der Waals surface area contributed by atoms with E-state index in [9.17, 15) is 13.2 Å². The molecule has 0 atom stereocenters. The standard InChI is InChI=1S/C15H14BrNO4S/c1-9-3-5-11(6-4-9)22(20,21)17-14-8-12(15(18)19)10(2)7-13(14)16/h3-8,17H,1-2H3,(H,18,19). The van der Waals surface area contributed by atoms with Gasteiger partial charge in [0.1, 0.15) is 0 Å². The van der Waals surface area contributed by atoms with Crippen molar-refractivity contribution in [2.24, 2.45) is 0 Å². The second-order valence-corrected chi connectivity index (χ2v) is 7.41. The van der Waals surface area contributed by atoms with Crippen LogP contribution in [0, 0.1) is 13.8 Å². The first-order chi connectivity index (χ1) is 10.2. The molecule has 0 unspecified atom stereocenters. The molecule has 5 nitrogen and oxygen atoms in total. The van der Waals surface area contributed by atoms with Crippen LogP contribution in [0.2, 0.25) is 0 Å². The Morgan fingerprint density at radius 3 is 2.27 bits per heavy atom. The van der Waals surface area contributed by atoms with Crippen LogP contribution in [-0.4, -0.2) is 19.5 Å². The zero-order chi connectivity index (χ0) is 16.5. The van der Waals surface area contributed by atoms with E-state index >= 15 is 0 Å². The van der Waals surface area contributed by atoms with Gasteiger partial charge in [0.25, 0.3) is 10.0 Å². The molecule has 0 aromatic heterocycles. The number of carboxylic acid groups (broad SMARTS) is 1. The Hall–Kier alpha value is -1.86. The minimum Gasteiger partial charge on any atom is -0.478 e. The van der Waals surface area contributed by atoms with E-state index in [2.05, 4.69) is 20.7 Å². The predicted octanol–water partition coefficient (Wildman–Crippen LogP) is 3.56. The van der Waals surface area contributed by atoms with Crippen molar-refractivity contribution in [1.82, 2.24) is 0 Å². The van der Waals surface area contributed by atoms with Gasteiger partial charge in [-0.3, -0.25) is 4.72 Å². The monoisotopic (exact) mass is 383 g/mol. The molecule has 116 valence electrons. The Kier molecular flexibility index (Phi) is 4.58. The van der Waals surface area contributed by atoms with E-state index in [1.807, 2.05) is 6.92 Å². The second-order valence-electron chi connectivity index (χ2n) is 4.87. The van der Waals surface area contributed by atoms with Gasteiger partial charge in [-0.05, 0) is 59.6 Å². The van der Waals surface area contributed by atoms with Crippen LogP contribution in [0.4, 0.5) is 5.69 Å². The summed E-state index contributed by atoms with van der Waals surface area (Å²) < 4.78 is 27.6. The van der Waals surface area contributed by atoms with Crippen molar-refractivity contribution < 1.29 is 18.3 Å². The van der Waals surface area contributed by atoms with Gasteiger partial charge in [-0.1, -0.05) is 17.7 Å². The summed E-state index contributed by atoms with van der Waals surface area (Å²) in [6.45, 7) is 3.51. The summed E-state index contributed by atoms with van der Waals surface area (Å²) >= 11 is 3.25. The van der Waals surface area contributed by atoms with Gasteiger partial charge < -0.3 is 5.11 Å². The van der Waals surface area contributed by atoms with Crippen molar-refractivity contribution in [3.05, 3.63) is 57.6 Å². The zero-order valence-electron chi connectivity index (χ0n) is 11.9. The molecule has 0 spiro atoms. The number of carboxylic acids is 1. The Balaban J connectivity index is 2.43. The normalized spacial score (nSPS) is 11.2. The summed E-state index contributed by atoms with van der Waals surface area (Å²) in [5.74, 6) is -1.11. The molecule has 2 N–H and O–H groups in total. The van der Waals surface area contributed by atoms with Crippen molar-refractivity contribution in [2.75, 3.05) is 4.72 Å². The van der Waals surface area contributed by atoms with E-state index in [0.717, 1.165) is 5.56 Å². The zero-order valence-corrected chi connectivity index (χ0v) is 14.3. The first-order valence-electron chi connectivity index (χ1n) is 6.33. The Morgan fingerprint density at radius 2 is 1.73 bits per heavy atom. The third-order valence-electron chi connectivity index (χ3n) is 3.12. The van der Waals surface area contributed by atoms with Gasteiger partial charge in [-0.2, -0.15) is 0 Å². The van der Waals surface area contributed by atoms with Crippen molar-refractivity contribution in [3.8, 4) is 0 Å². The van der Waals surface area contributed by atoms with Crippen LogP contribution < -0.4 is 4.72 Å². The number of halogens is 1. The Bertz CT molecular complexity index is 829. The molecule has 0 heterocycles. The number of sulfonamides is 1. The summed E-state index contributed by atoms with van der Waals surface area (Å²) in [6.07, 6.45) is 0. The minimum absolute atomic E-state index is 0.0461. The first-order valence-corrected chi connectivity index (χ1v) is 8.61. The molecule has 0 aliphatic carbocycles. The lowest BCUT2D eigenvalue weighted by Crippen LogP contribution is -2.14. The van der Waals surface area contributed by atoms with E-state index in [1.54, 1.807) is 25.1 Å². The highest BCUT2D eigenvalue weighted by atomic mass is 79.9. The van der Waals surface area contributed by atoms with E-state index < -0.39 is 16.0 Å². The number of anilines is 1. The number of nitrogens with one attached hydrogen (secondary N) is 1. The molecule has 0 fully saturated rings. The molecule has 0 saturated carbocycles. The topological polar surface area (TPSA) is 83.5 Å². The molecule has 0 aliphatic heterocycles. The van der Waals surface area contributed by atoms with Gasteiger partial charge in [0, 0.05) is 4.47 Å². The van der Waals surface area contributed by atoms with Crippen molar-refractivity contribution in [3.63, 3.8) is 0 Å². The summed E-state index contributed by atoms with van der Waals surface area (Å²) in [7, 11) is -3.78. The summed E-state index contributed by atoms with van der Waals surface area (Å²) in [4.78, 5) is 11.3. The lowest BCUT2D eigenvalue weighted by molar-refractivity contribution is 0.0696.